The van der Waals surface area contributed by atoms with Gasteiger partial charge >= 0.3 is 0 Å². The molecule has 6 heteroatoms. The predicted octanol–water partition coefficient (Wildman–Crippen LogP) is 5.17. The first-order chi connectivity index (χ1) is 11.1. The summed E-state index contributed by atoms with van der Waals surface area (Å²) in [6.45, 7) is 1.48. The van der Waals surface area contributed by atoms with Crippen molar-refractivity contribution in [1.29, 1.82) is 0 Å². The molecule has 2 N–H and O–H groups in total. The third kappa shape index (κ3) is 3.88. The van der Waals surface area contributed by atoms with E-state index >= 15 is 0 Å². The molecule has 3 aromatic rings. The van der Waals surface area contributed by atoms with E-state index in [1.54, 1.807) is 0 Å². The first kappa shape index (κ1) is 15.5. The van der Waals surface area contributed by atoms with Crippen LogP contribution in [-0.2, 0) is 4.79 Å². The molecule has 0 spiro atoms. The van der Waals surface area contributed by atoms with Gasteiger partial charge in [0.1, 0.15) is 0 Å². The van der Waals surface area contributed by atoms with Crippen molar-refractivity contribution < 1.29 is 4.79 Å². The topological polar surface area (TPSA) is 54.0 Å². The lowest BCUT2D eigenvalue weighted by Gasteiger charge is -2.05. The second-order valence-corrected chi connectivity index (χ2v) is 6.17. The van der Waals surface area contributed by atoms with E-state index in [2.05, 4.69) is 15.6 Å². The van der Waals surface area contributed by atoms with Crippen molar-refractivity contribution in [1.82, 2.24) is 4.98 Å². The maximum absolute atomic E-state index is 11.0. The van der Waals surface area contributed by atoms with Crippen LogP contribution in [0.5, 0.6) is 0 Å². The maximum atomic E-state index is 11.0. The zero-order chi connectivity index (χ0) is 16.2. The minimum Gasteiger partial charge on any atom is -0.332 e. The Morgan fingerprint density at radius 3 is 2.48 bits per heavy atom. The van der Waals surface area contributed by atoms with Crippen LogP contribution in [0.2, 0.25) is 5.02 Å². The Hall–Kier alpha value is -2.37. The van der Waals surface area contributed by atoms with Crippen LogP contribution in [0.3, 0.4) is 0 Å². The molecule has 3 rings (SSSR count). The smallest absolute Gasteiger partial charge is 0.221 e. The average molecular weight is 344 g/mol. The van der Waals surface area contributed by atoms with Gasteiger partial charge in [-0.15, -0.1) is 11.3 Å². The standard InChI is InChI=1S/C17H14ClN3OS/c1-11(22)19-12-6-8-13(9-7-12)20-17-21-16(10-23-17)14-4-2-3-5-15(14)18/h2-10H,1H3,(H,19,22)(H,20,21). The molecule has 2 aromatic carbocycles. The normalized spacial score (nSPS) is 10.3. The van der Waals surface area contributed by atoms with Crippen LogP contribution < -0.4 is 10.6 Å². The van der Waals surface area contributed by atoms with Crippen molar-refractivity contribution in [3.05, 3.63) is 58.9 Å². The fraction of sp³-hybridized carbons (Fsp3) is 0.0588. The molecule has 0 saturated carbocycles. The quantitative estimate of drug-likeness (QED) is 0.687. The van der Waals surface area contributed by atoms with E-state index in [1.807, 2.05) is 53.9 Å². The van der Waals surface area contributed by atoms with E-state index in [1.165, 1.54) is 18.3 Å². The second kappa shape index (κ2) is 6.81. The van der Waals surface area contributed by atoms with Gasteiger partial charge in [-0.05, 0) is 30.3 Å². The number of aromatic nitrogens is 1. The molecule has 0 bridgehead atoms. The molecule has 23 heavy (non-hydrogen) atoms. The lowest BCUT2D eigenvalue weighted by atomic mass is 10.2. The number of amides is 1. The minimum absolute atomic E-state index is 0.0879. The molecule has 0 saturated heterocycles. The summed E-state index contributed by atoms with van der Waals surface area (Å²) >= 11 is 7.71. The van der Waals surface area contributed by atoms with E-state index in [4.69, 9.17) is 11.6 Å². The number of hydrogen-bond donors (Lipinski definition) is 2. The van der Waals surface area contributed by atoms with E-state index in [9.17, 15) is 4.79 Å². The zero-order valence-electron chi connectivity index (χ0n) is 12.3. The molecule has 1 aromatic heterocycles. The molecule has 0 aliphatic heterocycles. The highest BCUT2D eigenvalue weighted by Crippen LogP contribution is 2.31. The summed E-state index contributed by atoms with van der Waals surface area (Å²) in [4.78, 5) is 15.6. The number of rotatable bonds is 4. The molecular weight excluding hydrogens is 330 g/mol. The van der Waals surface area contributed by atoms with Crippen LogP contribution in [0.15, 0.2) is 53.9 Å². The fourth-order valence-corrected chi connectivity index (χ4v) is 3.05. The van der Waals surface area contributed by atoms with Gasteiger partial charge in [0.2, 0.25) is 5.91 Å². The molecule has 0 unspecified atom stereocenters. The Bertz CT molecular complexity index is 830. The minimum atomic E-state index is -0.0879. The third-order valence-corrected chi connectivity index (χ3v) is 4.20. The van der Waals surface area contributed by atoms with Crippen molar-refractivity contribution in [3.63, 3.8) is 0 Å². The van der Waals surface area contributed by atoms with Crippen molar-refractivity contribution in [2.75, 3.05) is 10.6 Å². The number of nitrogens with one attached hydrogen (secondary N) is 2. The number of carbonyl (C=O) groups excluding carboxylic acids is 1. The van der Waals surface area contributed by atoms with Gasteiger partial charge in [-0.3, -0.25) is 4.79 Å². The lowest BCUT2D eigenvalue weighted by Crippen LogP contribution is -2.05. The van der Waals surface area contributed by atoms with Gasteiger partial charge in [0.25, 0.3) is 0 Å². The molecule has 0 fully saturated rings. The van der Waals surface area contributed by atoms with E-state index < -0.39 is 0 Å². The number of halogens is 1. The van der Waals surface area contributed by atoms with Crippen LogP contribution >= 0.6 is 22.9 Å². The molecule has 0 aliphatic rings. The average Bonchev–Trinajstić information content (AvgIpc) is 2.97. The largest absolute Gasteiger partial charge is 0.332 e. The number of anilines is 3. The summed E-state index contributed by atoms with van der Waals surface area (Å²) < 4.78 is 0. The van der Waals surface area contributed by atoms with Crippen LogP contribution in [0, 0.1) is 0 Å². The summed E-state index contributed by atoms with van der Waals surface area (Å²) in [5.41, 5.74) is 3.43. The molecule has 0 aliphatic carbocycles. The van der Waals surface area contributed by atoms with Crippen LogP contribution in [0.25, 0.3) is 11.3 Å². The molecular formula is C17H14ClN3OS. The molecule has 1 heterocycles. The van der Waals surface area contributed by atoms with Crippen LogP contribution in [-0.4, -0.2) is 10.9 Å². The number of benzene rings is 2. The Kier molecular flexibility index (Phi) is 4.60. The van der Waals surface area contributed by atoms with Crippen molar-refractivity contribution >= 4 is 45.4 Å². The highest BCUT2D eigenvalue weighted by Gasteiger charge is 2.08. The highest BCUT2D eigenvalue weighted by molar-refractivity contribution is 7.14. The molecule has 4 nitrogen and oxygen atoms in total. The third-order valence-electron chi connectivity index (χ3n) is 3.11. The summed E-state index contributed by atoms with van der Waals surface area (Å²) in [6.07, 6.45) is 0. The number of hydrogen-bond acceptors (Lipinski definition) is 4. The van der Waals surface area contributed by atoms with E-state index in [0.717, 1.165) is 27.8 Å². The Labute approximate surface area is 143 Å². The Morgan fingerprint density at radius 1 is 1.09 bits per heavy atom. The summed E-state index contributed by atoms with van der Waals surface area (Å²) in [5.74, 6) is -0.0879. The monoisotopic (exact) mass is 343 g/mol. The summed E-state index contributed by atoms with van der Waals surface area (Å²) in [5, 5.41) is 9.42. The Morgan fingerprint density at radius 2 is 1.78 bits per heavy atom. The van der Waals surface area contributed by atoms with Gasteiger partial charge in [0, 0.05) is 34.3 Å². The van der Waals surface area contributed by atoms with Crippen molar-refractivity contribution in [2.45, 2.75) is 6.92 Å². The number of nitrogens with zero attached hydrogens (tertiary/aromatic N) is 1. The van der Waals surface area contributed by atoms with E-state index in [0.29, 0.717) is 5.02 Å². The van der Waals surface area contributed by atoms with Crippen molar-refractivity contribution in [3.8, 4) is 11.3 Å². The predicted molar refractivity (Wildman–Crippen MR) is 96.6 cm³/mol. The molecule has 1 amide bonds. The van der Waals surface area contributed by atoms with Crippen molar-refractivity contribution in [2.24, 2.45) is 0 Å². The van der Waals surface area contributed by atoms with Gasteiger partial charge < -0.3 is 10.6 Å². The first-order valence-corrected chi connectivity index (χ1v) is 8.23. The fourth-order valence-electron chi connectivity index (χ4n) is 2.09. The van der Waals surface area contributed by atoms with E-state index in [-0.39, 0.29) is 5.91 Å². The van der Waals surface area contributed by atoms with Gasteiger partial charge in [-0.25, -0.2) is 4.98 Å². The van der Waals surface area contributed by atoms with Gasteiger partial charge in [-0.2, -0.15) is 0 Å². The first-order valence-electron chi connectivity index (χ1n) is 6.97. The zero-order valence-corrected chi connectivity index (χ0v) is 13.9. The molecule has 116 valence electrons. The van der Waals surface area contributed by atoms with Crippen LogP contribution in [0.4, 0.5) is 16.5 Å². The molecule has 0 radical (unpaired) electrons. The molecule has 0 atom stereocenters. The highest BCUT2D eigenvalue weighted by atomic mass is 35.5. The SMILES string of the molecule is CC(=O)Nc1ccc(Nc2nc(-c3ccccc3Cl)cs2)cc1. The maximum Gasteiger partial charge on any atom is 0.221 e. The summed E-state index contributed by atoms with van der Waals surface area (Å²) in [6, 6.07) is 15.1. The summed E-state index contributed by atoms with van der Waals surface area (Å²) in [7, 11) is 0. The Balaban J connectivity index is 1.74. The lowest BCUT2D eigenvalue weighted by molar-refractivity contribution is -0.114. The van der Waals surface area contributed by atoms with Crippen LogP contribution in [0.1, 0.15) is 6.92 Å². The van der Waals surface area contributed by atoms with Gasteiger partial charge in [0.15, 0.2) is 5.13 Å². The van der Waals surface area contributed by atoms with Gasteiger partial charge in [-0.1, -0.05) is 29.8 Å². The second-order valence-electron chi connectivity index (χ2n) is 4.90. The number of thiazole rings is 1. The van der Waals surface area contributed by atoms with Gasteiger partial charge in [0.05, 0.1) is 5.69 Å². The number of carbonyl (C=O) groups is 1.